The third kappa shape index (κ3) is 11.8. The Morgan fingerprint density at radius 3 is 2.10 bits per heavy atom. The number of carbonyl (C=O) groups excluding carboxylic acids is 5. The fourth-order valence-electron chi connectivity index (χ4n) is 4.27. The number of nitrogens with one attached hydrogen (secondary N) is 5. The highest BCUT2D eigenvalue weighted by atomic mass is 16.4. The van der Waals surface area contributed by atoms with Crippen LogP contribution in [0.1, 0.15) is 45.1 Å². The summed E-state index contributed by atoms with van der Waals surface area (Å²) in [5, 5.41) is 21.9. The van der Waals surface area contributed by atoms with Crippen molar-refractivity contribution in [2.75, 3.05) is 13.1 Å². The number of hydrogen-bond donors (Lipinski definition) is 8. The smallest absolute Gasteiger partial charge is 0.305 e. The fraction of sp³-hybridized carbons (Fsp3) is 0.519. The number of nitrogens with two attached hydrogens (primary N) is 2. The lowest BCUT2D eigenvalue weighted by Gasteiger charge is -2.26. The van der Waals surface area contributed by atoms with E-state index in [9.17, 15) is 33.9 Å². The molecule has 10 N–H and O–H groups in total. The summed E-state index contributed by atoms with van der Waals surface area (Å²) in [7, 11) is 0. The summed E-state index contributed by atoms with van der Waals surface area (Å²) in [5.74, 6) is -5.32. The second kappa shape index (κ2) is 16.5. The molecule has 5 amide bonds. The van der Waals surface area contributed by atoms with Crippen molar-refractivity contribution in [2.24, 2.45) is 22.4 Å². The summed E-state index contributed by atoms with van der Waals surface area (Å²) in [6.07, 6.45) is -0.115. The molecule has 0 spiro atoms. The highest BCUT2D eigenvalue weighted by Gasteiger charge is 2.33. The van der Waals surface area contributed by atoms with E-state index in [4.69, 9.17) is 11.5 Å². The summed E-state index contributed by atoms with van der Waals surface area (Å²) < 4.78 is 0. The maximum atomic E-state index is 13.5. The molecular formula is C27H40N8O7. The zero-order chi connectivity index (χ0) is 31.2. The van der Waals surface area contributed by atoms with Gasteiger partial charge in [-0.05, 0) is 30.7 Å². The van der Waals surface area contributed by atoms with Crippen molar-refractivity contribution in [1.82, 2.24) is 26.6 Å². The van der Waals surface area contributed by atoms with Gasteiger partial charge in [-0.2, -0.15) is 0 Å². The van der Waals surface area contributed by atoms with Crippen molar-refractivity contribution in [3.8, 4) is 0 Å². The number of carboxylic acids is 1. The second-order valence-corrected chi connectivity index (χ2v) is 10.4. The van der Waals surface area contributed by atoms with Gasteiger partial charge in [-0.25, -0.2) is 0 Å². The van der Waals surface area contributed by atoms with Gasteiger partial charge in [0.1, 0.15) is 24.2 Å². The molecule has 1 aromatic rings. The molecule has 0 aliphatic carbocycles. The standard InChI is InChI=1S/C27H40N8O7/c1-15(2)11-18-24(40)33-17(9-6-10-30-27(28)29)23(39)31-14-21(36)32-20(13-22(37)38)26(42)35-19(25(41)34-18)12-16-7-4-3-5-8-16/h3-5,7-8,15,17-20H,6,9-14H2,1-2H3,(H,31,39)(H,32,36)(H,33,40)(H,34,41)(H,35,42)(H,37,38)(H4,28,29,30)/t17-,18+,19-,20-/m0/s1. The Morgan fingerprint density at radius 1 is 0.881 bits per heavy atom. The van der Waals surface area contributed by atoms with E-state index in [1.54, 1.807) is 30.3 Å². The zero-order valence-electron chi connectivity index (χ0n) is 23.7. The molecule has 1 aliphatic rings. The molecule has 1 saturated heterocycles. The largest absolute Gasteiger partial charge is 0.481 e. The molecule has 1 aromatic carbocycles. The summed E-state index contributed by atoms with van der Waals surface area (Å²) in [5.41, 5.74) is 11.4. The third-order valence-electron chi connectivity index (χ3n) is 6.29. The molecule has 1 heterocycles. The lowest BCUT2D eigenvalue weighted by molar-refractivity contribution is -0.141. The summed E-state index contributed by atoms with van der Waals surface area (Å²) in [6, 6.07) is 3.85. The molecule has 0 aromatic heterocycles. The van der Waals surface area contributed by atoms with E-state index in [2.05, 4.69) is 31.6 Å². The van der Waals surface area contributed by atoms with Gasteiger partial charge in [-0.3, -0.25) is 33.8 Å². The number of guanidine groups is 1. The second-order valence-electron chi connectivity index (χ2n) is 10.4. The van der Waals surface area contributed by atoms with E-state index in [-0.39, 0.29) is 37.7 Å². The van der Waals surface area contributed by atoms with Gasteiger partial charge < -0.3 is 43.2 Å². The molecule has 1 fully saturated rings. The van der Waals surface area contributed by atoms with E-state index in [1.807, 2.05) is 13.8 Å². The van der Waals surface area contributed by atoms with Crippen LogP contribution in [0.4, 0.5) is 0 Å². The van der Waals surface area contributed by atoms with E-state index >= 15 is 0 Å². The van der Waals surface area contributed by atoms with Crippen molar-refractivity contribution in [3.05, 3.63) is 35.9 Å². The Kier molecular flexibility index (Phi) is 13.2. The van der Waals surface area contributed by atoms with Crippen LogP contribution in [-0.2, 0) is 35.2 Å². The molecule has 1 aliphatic heterocycles. The van der Waals surface area contributed by atoms with Crippen LogP contribution in [-0.4, -0.2) is 83.8 Å². The first-order chi connectivity index (χ1) is 19.8. The van der Waals surface area contributed by atoms with Crippen LogP contribution in [0.15, 0.2) is 35.3 Å². The number of carbonyl (C=O) groups is 6. The number of carboxylic acid groups (broad SMARTS) is 1. The van der Waals surface area contributed by atoms with Crippen molar-refractivity contribution >= 4 is 41.5 Å². The average molecular weight is 589 g/mol. The number of aliphatic imine (C=N–C) groups is 1. The first-order valence-corrected chi connectivity index (χ1v) is 13.6. The minimum Gasteiger partial charge on any atom is -0.481 e. The van der Waals surface area contributed by atoms with Crippen LogP contribution < -0.4 is 38.1 Å². The summed E-state index contributed by atoms with van der Waals surface area (Å²) in [4.78, 5) is 81.0. The van der Waals surface area contributed by atoms with Crippen LogP contribution in [0.2, 0.25) is 0 Å². The molecular weight excluding hydrogens is 548 g/mol. The molecule has 42 heavy (non-hydrogen) atoms. The molecule has 4 atom stereocenters. The molecule has 0 radical (unpaired) electrons. The number of benzene rings is 1. The predicted octanol–water partition coefficient (Wildman–Crippen LogP) is -2.13. The lowest BCUT2D eigenvalue weighted by Crippen LogP contribution is -2.58. The van der Waals surface area contributed by atoms with Gasteiger partial charge in [0, 0.05) is 13.0 Å². The highest BCUT2D eigenvalue weighted by molar-refractivity contribution is 5.98. The van der Waals surface area contributed by atoms with Gasteiger partial charge >= 0.3 is 5.97 Å². The van der Waals surface area contributed by atoms with E-state index in [0.717, 1.165) is 0 Å². The molecule has 2 rings (SSSR count). The summed E-state index contributed by atoms with van der Waals surface area (Å²) in [6.45, 7) is 3.29. The number of rotatable bonds is 10. The number of amides is 5. The fourth-order valence-corrected chi connectivity index (χ4v) is 4.27. The lowest BCUT2D eigenvalue weighted by atomic mass is 10.00. The maximum absolute atomic E-state index is 13.5. The molecule has 0 saturated carbocycles. The Balaban J connectivity index is 2.44. The van der Waals surface area contributed by atoms with Crippen LogP contribution in [0.3, 0.4) is 0 Å². The van der Waals surface area contributed by atoms with Crippen molar-refractivity contribution in [2.45, 2.75) is 70.1 Å². The van der Waals surface area contributed by atoms with Crippen LogP contribution >= 0.6 is 0 Å². The van der Waals surface area contributed by atoms with E-state index < -0.39 is 72.6 Å². The van der Waals surface area contributed by atoms with Crippen LogP contribution in [0.25, 0.3) is 0 Å². The number of aliphatic carboxylic acids is 1. The molecule has 15 nitrogen and oxygen atoms in total. The quantitative estimate of drug-likeness (QED) is 0.0843. The van der Waals surface area contributed by atoms with Crippen molar-refractivity contribution < 1.29 is 33.9 Å². The number of nitrogens with zero attached hydrogens (tertiary/aromatic N) is 1. The highest BCUT2D eigenvalue weighted by Crippen LogP contribution is 2.10. The monoisotopic (exact) mass is 588 g/mol. The molecule has 230 valence electrons. The Bertz CT molecular complexity index is 1150. The van der Waals surface area contributed by atoms with Gasteiger partial charge in [0.15, 0.2) is 5.96 Å². The van der Waals surface area contributed by atoms with E-state index in [1.165, 1.54) is 0 Å². The van der Waals surface area contributed by atoms with Crippen LogP contribution in [0.5, 0.6) is 0 Å². The predicted molar refractivity (Wildman–Crippen MR) is 152 cm³/mol. The Hall–Kier alpha value is -4.69. The van der Waals surface area contributed by atoms with Gasteiger partial charge in [-0.1, -0.05) is 44.2 Å². The number of hydrogen-bond acceptors (Lipinski definition) is 7. The third-order valence-corrected chi connectivity index (χ3v) is 6.29. The topological polar surface area (TPSA) is 247 Å². The first kappa shape index (κ1) is 33.5. The van der Waals surface area contributed by atoms with Gasteiger partial charge in [0.25, 0.3) is 0 Å². The zero-order valence-corrected chi connectivity index (χ0v) is 23.7. The Morgan fingerprint density at radius 2 is 1.48 bits per heavy atom. The maximum Gasteiger partial charge on any atom is 0.305 e. The SMILES string of the molecule is CC(C)C[C@H]1NC(=O)[C@H](Cc2ccccc2)NC(=O)[C@H](CC(=O)O)NC(=O)CNC(=O)[C@H](CCCN=C(N)N)NC1=O. The van der Waals surface area contributed by atoms with Gasteiger partial charge in [0.05, 0.1) is 13.0 Å². The minimum atomic E-state index is -1.54. The molecule has 0 unspecified atom stereocenters. The van der Waals surface area contributed by atoms with Crippen molar-refractivity contribution in [3.63, 3.8) is 0 Å². The Labute approximate surface area is 243 Å². The average Bonchev–Trinajstić information content (AvgIpc) is 2.91. The molecule has 15 heteroatoms. The van der Waals surface area contributed by atoms with Gasteiger partial charge in [-0.15, -0.1) is 0 Å². The van der Waals surface area contributed by atoms with Gasteiger partial charge in [0.2, 0.25) is 29.5 Å². The normalized spacial score (nSPS) is 22.4. The van der Waals surface area contributed by atoms with Crippen LogP contribution in [0, 0.1) is 5.92 Å². The van der Waals surface area contributed by atoms with Crippen molar-refractivity contribution in [1.29, 1.82) is 0 Å². The minimum absolute atomic E-state index is 0.0234. The first-order valence-electron chi connectivity index (χ1n) is 13.6. The molecule has 0 bridgehead atoms. The van der Waals surface area contributed by atoms with E-state index in [0.29, 0.717) is 12.0 Å². The summed E-state index contributed by atoms with van der Waals surface area (Å²) >= 11 is 0.